The third kappa shape index (κ3) is 2.10. The van der Waals surface area contributed by atoms with Crippen molar-refractivity contribution in [3.63, 3.8) is 0 Å². The minimum Gasteiger partial charge on any atom is -0.425 e. The molecule has 1 rings (SSSR count). The van der Waals surface area contributed by atoms with E-state index in [1.807, 2.05) is 0 Å². The summed E-state index contributed by atoms with van der Waals surface area (Å²) < 4.78 is 5.46. The Morgan fingerprint density at radius 1 is 1.50 bits per heavy atom. The Morgan fingerprint density at radius 3 is 2.90 bits per heavy atom. The first-order chi connectivity index (χ1) is 4.86. The molecule has 1 fully saturated rings. The molecular formula is C8H18OSi. The fraction of sp³-hybridized carbons (Fsp3) is 1.00. The van der Waals surface area contributed by atoms with E-state index in [1.165, 1.54) is 32.1 Å². The second-order valence-electron chi connectivity index (χ2n) is 3.30. The molecule has 2 heteroatoms. The number of hydrogen-bond donors (Lipinski definition) is 0. The topological polar surface area (TPSA) is 9.23 Å². The lowest BCUT2D eigenvalue weighted by atomic mass is 9.86. The summed E-state index contributed by atoms with van der Waals surface area (Å²) in [5.41, 5.74) is 0. The monoisotopic (exact) mass is 158 g/mol. The van der Waals surface area contributed by atoms with Gasteiger partial charge in [0.25, 0.3) is 0 Å². The van der Waals surface area contributed by atoms with E-state index in [9.17, 15) is 0 Å². The maximum Gasteiger partial charge on any atom is 0.146 e. The van der Waals surface area contributed by atoms with Gasteiger partial charge in [0.2, 0.25) is 0 Å². The van der Waals surface area contributed by atoms with Gasteiger partial charge < -0.3 is 4.43 Å². The van der Waals surface area contributed by atoms with Crippen molar-refractivity contribution in [3.8, 4) is 0 Å². The fourth-order valence-corrected chi connectivity index (χ4v) is 2.25. The van der Waals surface area contributed by atoms with Crippen LogP contribution in [0.15, 0.2) is 0 Å². The Bertz CT molecular complexity index is 85.3. The third-order valence-electron chi connectivity index (χ3n) is 2.65. The van der Waals surface area contributed by atoms with Crippen LogP contribution in [0.5, 0.6) is 0 Å². The van der Waals surface area contributed by atoms with E-state index in [2.05, 4.69) is 6.92 Å². The van der Waals surface area contributed by atoms with Crippen LogP contribution in [0, 0.1) is 5.92 Å². The average Bonchev–Trinajstić information content (AvgIpc) is 2.05. The molecule has 0 N–H and O–H groups in total. The van der Waals surface area contributed by atoms with Crippen molar-refractivity contribution in [2.45, 2.75) is 45.1 Å². The van der Waals surface area contributed by atoms with E-state index in [1.54, 1.807) is 0 Å². The second kappa shape index (κ2) is 4.14. The predicted octanol–water partition coefficient (Wildman–Crippen LogP) is 1.25. The lowest BCUT2D eigenvalue weighted by Gasteiger charge is -2.27. The van der Waals surface area contributed by atoms with Crippen molar-refractivity contribution in [3.05, 3.63) is 0 Å². The van der Waals surface area contributed by atoms with Gasteiger partial charge in [-0.1, -0.05) is 26.2 Å². The molecule has 2 unspecified atom stereocenters. The molecule has 1 nitrogen and oxygen atoms in total. The molecule has 0 aromatic carbocycles. The zero-order valence-corrected chi connectivity index (χ0v) is 9.10. The largest absolute Gasteiger partial charge is 0.425 e. The molecule has 1 aliphatic carbocycles. The highest BCUT2D eigenvalue weighted by Gasteiger charge is 2.19. The van der Waals surface area contributed by atoms with Gasteiger partial charge >= 0.3 is 0 Å². The Labute approximate surface area is 66.7 Å². The summed E-state index contributed by atoms with van der Waals surface area (Å²) in [7, 11) is 0.924. The van der Waals surface area contributed by atoms with E-state index >= 15 is 0 Å². The molecule has 1 aliphatic rings. The summed E-state index contributed by atoms with van der Waals surface area (Å²) in [6, 6.07) is 0. The van der Waals surface area contributed by atoms with Gasteiger partial charge in [0.05, 0.1) is 0 Å². The Morgan fingerprint density at radius 2 is 2.30 bits per heavy atom. The zero-order chi connectivity index (χ0) is 7.40. The van der Waals surface area contributed by atoms with Crippen LogP contribution in [0.25, 0.3) is 0 Å². The van der Waals surface area contributed by atoms with Crippen LogP contribution in [0.3, 0.4) is 0 Å². The highest BCUT2D eigenvalue weighted by atomic mass is 28.2. The highest BCUT2D eigenvalue weighted by molar-refractivity contribution is 5.98. The van der Waals surface area contributed by atoms with Crippen molar-refractivity contribution < 1.29 is 4.43 Å². The van der Waals surface area contributed by atoms with Gasteiger partial charge in [-0.05, 0) is 18.8 Å². The number of rotatable bonds is 2. The summed E-state index contributed by atoms with van der Waals surface area (Å²) in [6.07, 6.45) is 7.47. The van der Waals surface area contributed by atoms with Gasteiger partial charge in [-0.25, -0.2) is 0 Å². The lowest BCUT2D eigenvalue weighted by molar-refractivity contribution is 0.133. The van der Waals surface area contributed by atoms with Crippen molar-refractivity contribution in [1.29, 1.82) is 0 Å². The van der Waals surface area contributed by atoms with Gasteiger partial charge in [0.15, 0.2) is 0 Å². The maximum atomic E-state index is 5.46. The minimum absolute atomic E-state index is 0.630. The first-order valence-electron chi connectivity index (χ1n) is 4.39. The predicted molar refractivity (Wildman–Crippen MR) is 47.1 cm³/mol. The van der Waals surface area contributed by atoms with E-state index < -0.39 is 0 Å². The summed E-state index contributed by atoms with van der Waals surface area (Å²) >= 11 is 0. The molecule has 0 aromatic heterocycles. The van der Waals surface area contributed by atoms with Crippen molar-refractivity contribution in [2.24, 2.45) is 5.92 Å². The van der Waals surface area contributed by atoms with Gasteiger partial charge in [0.1, 0.15) is 10.5 Å². The molecule has 0 radical (unpaired) electrons. The molecule has 0 aromatic rings. The maximum absolute atomic E-state index is 5.46. The summed E-state index contributed by atoms with van der Waals surface area (Å²) in [6.45, 7) is 2.29. The SMILES string of the molecule is CCC1CCCC(O[SiH3])C1. The smallest absolute Gasteiger partial charge is 0.146 e. The highest BCUT2D eigenvalue weighted by Crippen LogP contribution is 2.27. The molecule has 0 amide bonds. The van der Waals surface area contributed by atoms with Crippen LogP contribution in [0.2, 0.25) is 0 Å². The van der Waals surface area contributed by atoms with Crippen LogP contribution in [-0.2, 0) is 4.43 Å². The molecular weight excluding hydrogens is 140 g/mol. The van der Waals surface area contributed by atoms with Crippen molar-refractivity contribution in [1.82, 2.24) is 0 Å². The Kier molecular flexibility index (Phi) is 3.42. The molecule has 2 atom stereocenters. The van der Waals surface area contributed by atoms with E-state index in [0.29, 0.717) is 6.10 Å². The van der Waals surface area contributed by atoms with Gasteiger partial charge in [-0.15, -0.1) is 0 Å². The third-order valence-corrected chi connectivity index (χ3v) is 3.31. The first-order valence-corrected chi connectivity index (χ1v) is 5.21. The molecule has 1 saturated carbocycles. The fourth-order valence-electron chi connectivity index (χ4n) is 1.83. The quantitative estimate of drug-likeness (QED) is 0.550. The molecule has 0 bridgehead atoms. The van der Waals surface area contributed by atoms with E-state index in [0.717, 1.165) is 16.4 Å². The van der Waals surface area contributed by atoms with Crippen LogP contribution in [-0.4, -0.2) is 16.6 Å². The molecule has 0 saturated heterocycles. The molecule has 60 valence electrons. The minimum atomic E-state index is 0.630. The van der Waals surface area contributed by atoms with Crippen molar-refractivity contribution in [2.75, 3.05) is 0 Å². The molecule has 0 spiro atoms. The lowest BCUT2D eigenvalue weighted by Crippen LogP contribution is -2.21. The average molecular weight is 158 g/mol. The Balaban J connectivity index is 2.25. The van der Waals surface area contributed by atoms with Crippen LogP contribution in [0.4, 0.5) is 0 Å². The summed E-state index contributed by atoms with van der Waals surface area (Å²) in [4.78, 5) is 0. The number of hydrogen-bond acceptors (Lipinski definition) is 1. The van der Waals surface area contributed by atoms with Gasteiger partial charge in [-0.3, -0.25) is 0 Å². The molecule has 0 heterocycles. The zero-order valence-electron chi connectivity index (χ0n) is 7.10. The molecule has 10 heavy (non-hydrogen) atoms. The second-order valence-corrected chi connectivity index (χ2v) is 3.77. The van der Waals surface area contributed by atoms with Crippen LogP contribution >= 0.6 is 0 Å². The van der Waals surface area contributed by atoms with E-state index in [4.69, 9.17) is 4.43 Å². The Hall–Kier alpha value is 0.177. The van der Waals surface area contributed by atoms with Crippen LogP contribution in [0.1, 0.15) is 39.0 Å². The summed E-state index contributed by atoms with van der Waals surface area (Å²) in [5.74, 6) is 0.965. The van der Waals surface area contributed by atoms with Gasteiger partial charge in [0, 0.05) is 6.10 Å². The van der Waals surface area contributed by atoms with Crippen molar-refractivity contribution >= 4 is 10.5 Å². The normalized spacial score (nSPS) is 34.5. The summed E-state index contributed by atoms with van der Waals surface area (Å²) in [5, 5.41) is 0. The van der Waals surface area contributed by atoms with Gasteiger partial charge in [-0.2, -0.15) is 0 Å². The standard InChI is InChI=1S/C8H18OSi/c1-2-7-4-3-5-8(6-7)9-10/h7-8H,2-6H2,1,10H3. The van der Waals surface area contributed by atoms with Crippen LogP contribution < -0.4 is 0 Å². The van der Waals surface area contributed by atoms with E-state index in [-0.39, 0.29) is 0 Å². The first kappa shape index (κ1) is 8.28. The molecule has 0 aliphatic heterocycles.